The van der Waals surface area contributed by atoms with Gasteiger partial charge in [0.2, 0.25) is 0 Å². The summed E-state index contributed by atoms with van der Waals surface area (Å²) in [4.78, 5) is 4.82. The minimum Gasteiger partial charge on any atom is -0.496 e. The second-order valence-corrected chi connectivity index (χ2v) is 7.48. The Balaban J connectivity index is 1.66. The minimum absolute atomic E-state index is 0.0365. The van der Waals surface area contributed by atoms with Crippen LogP contribution in [-0.4, -0.2) is 70.3 Å². The lowest BCUT2D eigenvalue weighted by atomic mass is 10.0. The van der Waals surface area contributed by atoms with E-state index in [0.29, 0.717) is 0 Å². The predicted molar refractivity (Wildman–Crippen MR) is 112 cm³/mol. The molecule has 0 spiro atoms. The van der Waals surface area contributed by atoms with Crippen molar-refractivity contribution in [3.05, 3.63) is 71.5 Å². The highest BCUT2D eigenvalue weighted by Gasteiger charge is 2.31. The average molecular weight is 393 g/mol. The first-order valence-electron chi connectivity index (χ1n) is 10.1. The molecule has 1 atom stereocenters. The lowest BCUT2D eigenvalue weighted by molar-refractivity contribution is 0.120. The van der Waals surface area contributed by atoms with E-state index in [9.17, 15) is 0 Å². The van der Waals surface area contributed by atoms with Crippen LogP contribution in [0, 0.1) is 0 Å². The summed E-state index contributed by atoms with van der Waals surface area (Å²) in [6.07, 6.45) is 0.889. The second kappa shape index (κ2) is 9.15. The van der Waals surface area contributed by atoms with Gasteiger partial charge in [0, 0.05) is 38.3 Å². The van der Waals surface area contributed by atoms with E-state index in [-0.39, 0.29) is 6.04 Å². The molecule has 7 heteroatoms. The van der Waals surface area contributed by atoms with E-state index in [1.807, 2.05) is 22.9 Å². The smallest absolute Gasteiger partial charge is 0.173 e. The van der Waals surface area contributed by atoms with Gasteiger partial charge in [-0.05, 0) is 35.5 Å². The molecule has 0 amide bonds. The van der Waals surface area contributed by atoms with E-state index in [4.69, 9.17) is 4.74 Å². The number of tetrazole rings is 1. The van der Waals surface area contributed by atoms with Crippen molar-refractivity contribution in [2.45, 2.75) is 19.0 Å². The number of para-hydroxylation sites is 1. The van der Waals surface area contributed by atoms with E-state index in [1.54, 1.807) is 7.11 Å². The molecule has 1 saturated heterocycles. The van der Waals surface area contributed by atoms with Gasteiger partial charge in [-0.3, -0.25) is 4.90 Å². The van der Waals surface area contributed by atoms with Gasteiger partial charge in [0.05, 0.1) is 7.11 Å². The fraction of sp³-hybridized carbons (Fsp3) is 0.409. The van der Waals surface area contributed by atoms with Crippen LogP contribution < -0.4 is 4.74 Å². The monoisotopic (exact) mass is 392 g/mol. The maximum absolute atomic E-state index is 5.69. The van der Waals surface area contributed by atoms with Crippen molar-refractivity contribution >= 4 is 0 Å². The summed E-state index contributed by atoms with van der Waals surface area (Å²) in [6.45, 7) is 4.72. The zero-order chi connectivity index (χ0) is 20.1. The average Bonchev–Trinajstić information content (AvgIpc) is 3.23. The van der Waals surface area contributed by atoms with Gasteiger partial charge >= 0.3 is 0 Å². The number of aromatic nitrogens is 4. The zero-order valence-electron chi connectivity index (χ0n) is 17.1. The lowest BCUT2D eigenvalue weighted by Crippen LogP contribution is -2.46. The molecule has 7 nitrogen and oxygen atoms in total. The third-order valence-corrected chi connectivity index (χ3v) is 5.60. The van der Waals surface area contributed by atoms with Crippen LogP contribution in [0.15, 0.2) is 54.6 Å². The highest BCUT2D eigenvalue weighted by atomic mass is 16.5. The summed E-state index contributed by atoms with van der Waals surface area (Å²) in [6, 6.07) is 18.6. The summed E-state index contributed by atoms with van der Waals surface area (Å²) < 4.78 is 7.64. The molecular weight excluding hydrogens is 364 g/mol. The van der Waals surface area contributed by atoms with E-state index < -0.39 is 0 Å². The standard InChI is InChI=1S/C22H28N6O/c1-26-14-16-27(17-15-26)21(19-10-6-7-11-20(19)29-2)22-23-24-25-28(22)13-12-18-8-4-3-5-9-18/h3-11,21H,12-17H2,1-2H3/t21-/m0/s1. The number of aryl methyl sites for hydroxylation is 2. The molecule has 3 aromatic rings. The Hall–Kier alpha value is -2.77. The fourth-order valence-electron chi connectivity index (χ4n) is 3.92. The Bertz CT molecular complexity index is 904. The van der Waals surface area contributed by atoms with E-state index in [0.717, 1.165) is 56.3 Å². The molecule has 4 rings (SSSR count). The Kier molecular flexibility index (Phi) is 6.17. The van der Waals surface area contributed by atoms with Crippen molar-refractivity contribution in [3.63, 3.8) is 0 Å². The number of benzene rings is 2. The first-order valence-corrected chi connectivity index (χ1v) is 10.1. The highest BCUT2D eigenvalue weighted by Crippen LogP contribution is 2.34. The number of ether oxygens (including phenoxy) is 1. The topological polar surface area (TPSA) is 59.3 Å². The molecule has 0 aliphatic carbocycles. The molecule has 152 valence electrons. The summed E-state index contributed by atoms with van der Waals surface area (Å²) in [5.74, 6) is 1.74. The first-order chi connectivity index (χ1) is 14.3. The van der Waals surface area contributed by atoms with Gasteiger partial charge in [0.15, 0.2) is 5.82 Å². The van der Waals surface area contributed by atoms with E-state index in [2.05, 4.69) is 68.8 Å². The van der Waals surface area contributed by atoms with Crippen LogP contribution in [0.3, 0.4) is 0 Å². The number of methoxy groups -OCH3 is 1. The van der Waals surface area contributed by atoms with Crippen LogP contribution in [0.4, 0.5) is 0 Å². The molecule has 1 aliphatic rings. The summed E-state index contributed by atoms with van der Waals surface area (Å²) in [5.41, 5.74) is 2.39. The van der Waals surface area contributed by atoms with Gasteiger partial charge in [0.1, 0.15) is 11.8 Å². The Labute approximate surface area is 171 Å². The van der Waals surface area contributed by atoms with Crippen LogP contribution in [0.5, 0.6) is 5.75 Å². The van der Waals surface area contributed by atoms with Crippen LogP contribution >= 0.6 is 0 Å². The first kappa shape index (κ1) is 19.5. The zero-order valence-corrected chi connectivity index (χ0v) is 17.1. The van der Waals surface area contributed by atoms with Gasteiger partial charge in [-0.15, -0.1) is 5.10 Å². The number of rotatable bonds is 7. The number of nitrogens with zero attached hydrogens (tertiary/aromatic N) is 6. The van der Waals surface area contributed by atoms with Crippen LogP contribution in [-0.2, 0) is 13.0 Å². The Morgan fingerprint density at radius 1 is 0.966 bits per heavy atom. The number of likely N-dealkylation sites (N-methyl/N-ethyl adjacent to an activating group) is 1. The SMILES string of the molecule is COc1ccccc1[C@@H](c1nnnn1CCc1ccccc1)N1CCN(C)CC1. The summed E-state index contributed by atoms with van der Waals surface area (Å²) >= 11 is 0. The normalized spacial score (nSPS) is 16.6. The van der Waals surface area contributed by atoms with Crippen LogP contribution in [0.2, 0.25) is 0 Å². The highest BCUT2D eigenvalue weighted by molar-refractivity contribution is 5.39. The van der Waals surface area contributed by atoms with Crippen molar-refractivity contribution in [3.8, 4) is 5.75 Å². The molecule has 0 saturated carbocycles. The van der Waals surface area contributed by atoms with Crippen molar-refractivity contribution in [2.75, 3.05) is 40.3 Å². The van der Waals surface area contributed by atoms with Crippen LogP contribution in [0.25, 0.3) is 0 Å². The number of hydrogen-bond donors (Lipinski definition) is 0. The van der Waals surface area contributed by atoms with Gasteiger partial charge in [0.25, 0.3) is 0 Å². The number of hydrogen-bond acceptors (Lipinski definition) is 6. The van der Waals surface area contributed by atoms with E-state index in [1.165, 1.54) is 5.56 Å². The maximum atomic E-state index is 5.69. The maximum Gasteiger partial charge on any atom is 0.173 e. The van der Waals surface area contributed by atoms with E-state index >= 15 is 0 Å². The molecule has 0 bridgehead atoms. The third-order valence-electron chi connectivity index (χ3n) is 5.60. The third kappa shape index (κ3) is 4.46. The van der Waals surface area contributed by atoms with Crippen LogP contribution in [0.1, 0.15) is 23.0 Å². The van der Waals surface area contributed by atoms with Gasteiger partial charge in [-0.1, -0.05) is 48.5 Å². The predicted octanol–water partition coefficient (Wildman–Crippen LogP) is 2.26. The molecule has 2 aromatic carbocycles. The number of piperazine rings is 1. The molecular formula is C22H28N6O. The largest absolute Gasteiger partial charge is 0.496 e. The van der Waals surface area contributed by atoms with Crippen molar-refractivity contribution in [1.82, 2.24) is 30.0 Å². The Morgan fingerprint density at radius 2 is 1.69 bits per heavy atom. The molecule has 1 fully saturated rings. The molecule has 0 radical (unpaired) electrons. The van der Waals surface area contributed by atoms with Crippen molar-refractivity contribution < 1.29 is 4.74 Å². The molecule has 0 unspecified atom stereocenters. The van der Waals surface area contributed by atoms with Gasteiger partial charge in [-0.25, -0.2) is 4.68 Å². The quantitative estimate of drug-likeness (QED) is 0.615. The summed E-state index contributed by atoms with van der Waals surface area (Å²) in [5, 5.41) is 12.8. The fourth-order valence-corrected chi connectivity index (χ4v) is 3.92. The van der Waals surface area contributed by atoms with Crippen molar-refractivity contribution in [1.29, 1.82) is 0 Å². The minimum atomic E-state index is -0.0365. The molecule has 2 heterocycles. The summed E-state index contributed by atoms with van der Waals surface area (Å²) in [7, 11) is 3.89. The molecule has 1 aliphatic heterocycles. The molecule has 1 aromatic heterocycles. The van der Waals surface area contributed by atoms with Gasteiger partial charge < -0.3 is 9.64 Å². The Morgan fingerprint density at radius 3 is 2.45 bits per heavy atom. The molecule has 0 N–H and O–H groups in total. The second-order valence-electron chi connectivity index (χ2n) is 7.48. The van der Waals surface area contributed by atoms with Gasteiger partial charge in [-0.2, -0.15) is 0 Å². The lowest BCUT2D eigenvalue weighted by Gasteiger charge is -2.37. The molecule has 29 heavy (non-hydrogen) atoms. The van der Waals surface area contributed by atoms with Crippen molar-refractivity contribution in [2.24, 2.45) is 0 Å².